The van der Waals surface area contributed by atoms with E-state index in [1.165, 1.54) is 40.1 Å². The van der Waals surface area contributed by atoms with Crippen molar-refractivity contribution in [1.82, 2.24) is 15.1 Å². The van der Waals surface area contributed by atoms with Gasteiger partial charge in [-0.05, 0) is 12.1 Å². The van der Waals surface area contributed by atoms with Crippen molar-refractivity contribution < 1.29 is 9.18 Å². The van der Waals surface area contributed by atoms with Gasteiger partial charge in [-0.15, -0.1) is 10.2 Å². The average Bonchev–Trinajstić information content (AvgIpc) is 2.86. The van der Waals surface area contributed by atoms with Gasteiger partial charge in [0.25, 0.3) is 0 Å². The number of nitrogens with two attached hydrogens (primary N) is 1. The smallest absolute Gasteiger partial charge is 0.233 e. The maximum atomic E-state index is 13.7. The Balaban J connectivity index is 1.93. The Morgan fingerprint density at radius 2 is 2.29 bits per heavy atom. The second-order valence-corrected chi connectivity index (χ2v) is 6.78. The fourth-order valence-corrected chi connectivity index (χ4v) is 3.32. The molecule has 1 amide bonds. The lowest BCUT2D eigenvalue weighted by molar-refractivity contribution is -0.127. The van der Waals surface area contributed by atoms with E-state index in [1.807, 2.05) is 0 Å². The number of hydrogen-bond acceptors (Lipinski definition) is 6. The SMILES string of the molecule is CN(Cc1c(F)cccc1Cl)C(=O)CSc1nnc(N)s1. The van der Waals surface area contributed by atoms with Crippen molar-refractivity contribution in [3.8, 4) is 0 Å². The third kappa shape index (κ3) is 4.29. The zero-order valence-corrected chi connectivity index (χ0v) is 13.4. The molecule has 5 nitrogen and oxygen atoms in total. The number of anilines is 1. The number of carbonyl (C=O) groups is 1. The molecule has 112 valence electrons. The van der Waals surface area contributed by atoms with Crippen LogP contribution in [0.4, 0.5) is 9.52 Å². The Labute approximate surface area is 134 Å². The summed E-state index contributed by atoms with van der Waals surface area (Å²) in [6.45, 7) is 0.114. The molecule has 2 aromatic rings. The van der Waals surface area contributed by atoms with E-state index in [0.29, 0.717) is 20.1 Å². The van der Waals surface area contributed by atoms with E-state index in [1.54, 1.807) is 13.1 Å². The number of benzene rings is 1. The number of thioether (sulfide) groups is 1. The maximum Gasteiger partial charge on any atom is 0.233 e. The van der Waals surface area contributed by atoms with Gasteiger partial charge in [-0.25, -0.2) is 4.39 Å². The summed E-state index contributed by atoms with van der Waals surface area (Å²) in [5, 5.41) is 8.14. The quantitative estimate of drug-likeness (QED) is 0.843. The number of carbonyl (C=O) groups excluding carboxylic acids is 1. The molecule has 0 radical (unpaired) electrons. The molecule has 0 saturated carbocycles. The van der Waals surface area contributed by atoms with E-state index < -0.39 is 5.82 Å². The molecule has 0 fully saturated rings. The summed E-state index contributed by atoms with van der Waals surface area (Å²) in [6.07, 6.45) is 0. The largest absolute Gasteiger partial charge is 0.374 e. The van der Waals surface area contributed by atoms with Crippen molar-refractivity contribution in [1.29, 1.82) is 0 Å². The third-order valence-electron chi connectivity index (χ3n) is 2.62. The molecule has 21 heavy (non-hydrogen) atoms. The molecule has 0 aliphatic heterocycles. The Morgan fingerprint density at radius 1 is 1.52 bits per heavy atom. The topological polar surface area (TPSA) is 72.1 Å². The van der Waals surface area contributed by atoms with Crippen molar-refractivity contribution in [3.63, 3.8) is 0 Å². The number of nitrogens with zero attached hydrogens (tertiary/aromatic N) is 3. The predicted octanol–water partition coefficient (Wildman–Crippen LogP) is 2.66. The number of aromatic nitrogens is 2. The first-order valence-corrected chi connectivity index (χ1v) is 8.04. The van der Waals surface area contributed by atoms with Crippen LogP contribution in [0.5, 0.6) is 0 Å². The summed E-state index contributed by atoms with van der Waals surface area (Å²) in [5.41, 5.74) is 5.77. The summed E-state index contributed by atoms with van der Waals surface area (Å²) in [6, 6.07) is 4.44. The molecule has 0 unspecified atom stereocenters. The fraction of sp³-hybridized carbons (Fsp3) is 0.250. The molecule has 2 N–H and O–H groups in total. The van der Waals surface area contributed by atoms with Crippen LogP contribution in [0.2, 0.25) is 5.02 Å². The van der Waals surface area contributed by atoms with Crippen LogP contribution in [-0.2, 0) is 11.3 Å². The van der Waals surface area contributed by atoms with Crippen LogP contribution in [0.25, 0.3) is 0 Å². The van der Waals surface area contributed by atoms with Gasteiger partial charge in [0, 0.05) is 24.2 Å². The molecule has 1 aromatic heterocycles. The van der Waals surface area contributed by atoms with Crippen LogP contribution in [0.15, 0.2) is 22.5 Å². The highest BCUT2D eigenvalue weighted by atomic mass is 35.5. The van der Waals surface area contributed by atoms with Gasteiger partial charge in [-0.1, -0.05) is 40.8 Å². The summed E-state index contributed by atoms with van der Waals surface area (Å²) >= 11 is 8.40. The van der Waals surface area contributed by atoms with Crippen LogP contribution < -0.4 is 5.73 Å². The first-order chi connectivity index (χ1) is 9.97. The minimum absolute atomic E-state index is 0.114. The molecular formula is C12H12ClFN4OS2. The third-order valence-corrected chi connectivity index (χ3v) is 4.85. The second kappa shape index (κ2) is 7.06. The molecule has 0 saturated heterocycles. The van der Waals surface area contributed by atoms with E-state index in [2.05, 4.69) is 10.2 Å². The lowest BCUT2D eigenvalue weighted by atomic mass is 10.2. The zero-order valence-electron chi connectivity index (χ0n) is 11.0. The van der Waals surface area contributed by atoms with E-state index in [-0.39, 0.29) is 18.2 Å². The van der Waals surface area contributed by atoms with Gasteiger partial charge in [0.15, 0.2) is 4.34 Å². The number of amides is 1. The Hall–Kier alpha value is -1.38. The van der Waals surface area contributed by atoms with Crippen molar-refractivity contribution >= 4 is 45.7 Å². The lowest BCUT2D eigenvalue weighted by Crippen LogP contribution is -2.28. The van der Waals surface area contributed by atoms with Gasteiger partial charge in [0.1, 0.15) is 5.82 Å². The molecule has 1 heterocycles. The second-order valence-electron chi connectivity index (χ2n) is 4.14. The van der Waals surface area contributed by atoms with Crippen LogP contribution in [0, 0.1) is 5.82 Å². The van der Waals surface area contributed by atoms with E-state index in [0.717, 1.165) is 0 Å². The molecule has 0 bridgehead atoms. The average molecular weight is 347 g/mol. The molecule has 9 heteroatoms. The van der Waals surface area contributed by atoms with Gasteiger partial charge in [-0.2, -0.15) is 0 Å². The van der Waals surface area contributed by atoms with E-state index in [4.69, 9.17) is 17.3 Å². The van der Waals surface area contributed by atoms with E-state index in [9.17, 15) is 9.18 Å². The van der Waals surface area contributed by atoms with Crippen molar-refractivity contribution in [2.45, 2.75) is 10.9 Å². The van der Waals surface area contributed by atoms with E-state index >= 15 is 0 Å². The van der Waals surface area contributed by atoms with Gasteiger partial charge in [0.2, 0.25) is 11.0 Å². The zero-order chi connectivity index (χ0) is 15.4. The summed E-state index contributed by atoms with van der Waals surface area (Å²) in [4.78, 5) is 13.4. The minimum Gasteiger partial charge on any atom is -0.374 e. The van der Waals surface area contributed by atoms with Gasteiger partial charge >= 0.3 is 0 Å². The Morgan fingerprint density at radius 3 is 2.90 bits per heavy atom. The first kappa shape index (κ1) is 16.0. The Kier molecular flexibility index (Phi) is 5.38. The first-order valence-electron chi connectivity index (χ1n) is 5.86. The van der Waals surface area contributed by atoms with Crippen LogP contribution in [0.3, 0.4) is 0 Å². The van der Waals surface area contributed by atoms with Crippen LogP contribution >= 0.6 is 34.7 Å². The van der Waals surface area contributed by atoms with Crippen molar-refractivity contribution in [2.75, 3.05) is 18.5 Å². The lowest BCUT2D eigenvalue weighted by Gasteiger charge is -2.18. The molecule has 2 rings (SSSR count). The molecular weight excluding hydrogens is 335 g/mol. The monoisotopic (exact) mass is 346 g/mol. The van der Waals surface area contributed by atoms with Crippen LogP contribution in [0.1, 0.15) is 5.56 Å². The normalized spacial score (nSPS) is 10.6. The highest BCUT2D eigenvalue weighted by Crippen LogP contribution is 2.24. The van der Waals surface area contributed by atoms with Crippen molar-refractivity contribution in [3.05, 3.63) is 34.6 Å². The van der Waals surface area contributed by atoms with Crippen molar-refractivity contribution in [2.24, 2.45) is 0 Å². The minimum atomic E-state index is -0.424. The molecule has 0 aliphatic carbocycles. The summed E-state index contributed by atoms with van der Waals surface area (Å²) < 4.78 is 14.3. The molecule has 0 atom stereocenters. The molecule has 1 aromatic carbocycles. The maximum absolute atomic E-state index is 13.7. The van der Waals surface area contributed by atoms with Gasteiger partial charge in [-0.3, -0.25) is 4.79 Å². The summed E-state index contributed by atoms with van der Waals surface area (Å²) in [5.74, 6) is -0.406. The Bertz CT molecular complexity index is 632. The highest BCUT2D eigenvalue weighted by molar-refractivity contribution is 8.01. The number of hydrogen-bond donors (Lipinski definition) is 1. The number of halogens is 2. The highest BCUT2D eigenvalue weighted by Gasteiger charge is 2.15. The number of rotatable bonds is 5. The van der Waals surface area contributed by atoms with Gasteiger partial charge in [0.05, 0.1) is 5.75 Å². The summed E-state index contributed by atoms with van der Waals surface area (Å²) in [7, 11) is 1.60. The molecule has 0 aliphatic rings. The predicted molar refractivity (Wildman–Crippen MR) is 82.9 cm³/mol. The standard InChI is InChI=1S/C12H12ClFN4OS2/c1-18(5-7-8(13)3-2-4-9(7)14)10(19)6-20-12-17-16-11(15)21-12/h2-4H,5-6H2,1H3,(H2,15,16). The molecule has 0 spiro atoms. The van der Waals surface area contributed by atoms with Crippen LogP contribution in [-0.4, -0.2) is 33.8 Å². The van der Waals surface area contributed by atoms with Gasteiger partial charge < -0.3 is 10.6 Å². The number of nitrogen functional groups attached to an aromatic ring is 1. The fourth-order valence-electron chi connectivity index (χ4n) is 1.52.